The van der Waals surface area contributed by atoms with Gasteiger partial charge in [-0.1, -0.05) is 74.0 Å². The number of carboxylic acids is 1. The number of aromatic nitrogens is 3. The van der Waals surface area contributed by atoms with Gasteiger partial charge in [0.05, 0.1) is 37.9 Å². The number of amides is 1. The van der Waals surface area contributed by atoms with Gasteiger partial charge in [0.2, 0.25) is 5.82 Å². The Balaban J connectivity index is 1.54. The number of carboxylic acid groups (broad SMARTS) is 1. The van der Waals surface area contributed by atoms with Crippen molar-refractivity contribution in [2.24, 2.45) is 74.0 Å². The van der Waals surface area contributed by atoms with E-state index in [-0.39, 0.29) is 51.8 Å². The van der Waals surface area contributed by atoms with E-state index in [1.807, 2.05) is 6.92 Å². The van der Waals surface area contributed by atoms with Crippen molar-refractivity contribution in [2.45, 2.75) is 125 Å². The van der Waals surface area contributed by atoms with Crippen LogP contribution in [0, 0.1) is 62.6 Å². The summed E-state index contributed by atoms with van der Waals surface area (Å²) >= 11 is 0. The molecule has 12 atom stereocenters. The Labute approximate surface area is 293 Å². The molecule has 5 N–H and O–H groups in total. The van der Waals surface area contributed by atoms with Crippen LogP contribution in [-0.4, -0.2) is 63.2 Å². The zero-order valence-corrected chi connectivity index (χ0v) is 31.7. The van der Waals surface area contributed by atoms with Gasteiger partial charge in [0.15, 0.2) is 0 Å². The molecule has 0 aromatic carbocycles. The maximum Gasteiger partial charge on any atom is 0.307 e. The van der Waals surface area contributed by atoms with Gasteiger partial charge in [-0.25, -0.2) is 9.67 Å². The van der Waals surface area contributed by atoms with Crippen molar-refractivity contribution in [3.63, 3.8) is 0 Å². The van der Waals surface area contributed by atoms with Crippen molar-refractivity contribution in [3.05, 3.63) is 23.8 Å². The van der Waals surface area contributed by atoms with Crippen molar-refractivity contribution in [1.82, 2.24) is 14.8 Å². The van der Waals surface area contributed by atoms with Gasteiger partial charge in [-0.15, -0.1) is 0 Å². The van der Waals surface area contributed by atoms with Crippen LogP contribution in [0.3, 0.4) is 0 Å². The Hall–Kier alpha value is -2.30. The standard InChI is InChI=1S/C39H63N5O5/c1-22(2)24(5)35(7)15-16-36(8)25-11-12-28-34(6)17-27(44-32(31(40)45)42-21-43-44)30(49-19-38(10,41)23(3)4)39(28,20-48-18-34)26(25)13-14-37(36,9)29(35)33(46)47/h13,21-25,27-30H,11-12,14-20,41H2,1-10H3,(H2,40,45)(H,46,47)/t24-,25+,27-,28-,29-,30+,34-,35-,36-,37+,38+,39+/m1/s1. The molecule has 0 radical (unpaired) electrons. The maximum absolute atomic E-state index is 13.5. The lowest BCUT2D eigenvalue weighted by atomic mass is 9.34. The van der Waals surface area contributed by atoms with Crippen LogP contribution in [0.1, 0.15) is 124 Å². The lowest BCUT2D eigenvalue weighted by molar-refractivity contribution is -0.254. The number of hydrogen-bond donors (Lipinski definition) is 3. The molecule has 1 aromatic rings. The molecular formula is C39H63N5O5. The van der Waals surface area contributed by atoms with Crippen LogP contribution in [0.2, 0.25) is 0 Å². The van der Waals surface area contributed by atoms with Crippen LogP contribution >= 0.6 is 0 Å². The summed E-state index contributed by atoms with van der Waals surface area (Å²) in [5, 5.41) is 15.7. The van der Waals surface area contributed by atoms with Gasteiger partial charge in [-0.3, -0.25) is 9.59 Å². The number of carbonyl (C=O) groups is 2. The summed E-state index contributed by atoms with van der Waals surface area (Å²) in [6.07, 6.45) is 8.69. The Morgan fingerprint density at radius 1 is 1.10 bits per heavy atom. The van der Waals surface area contributed by atoms with E-state index in [1.54, 1.807) is 4.68 Å². The van der Waals surface area contributed by atoms with Crippen molar-refractivity contribution in [2.75, 3.05) is 19.8 Å². The second-order valence-corrected chi connectivity index (χ2v) is 18.9. The molecule has 0 spiro atoms. The molecule has 10 nitrogen and oxygen atoms in total. The summed E-state index contributed by atoms with van der Waals surface area (Å²) in [6.45, 7) is 23.7. The molecular weight excluding hydrogens is 618 g/mol. The summed E-state index contributed by atoms with van der Waals surface area (Å²) in [5.41, 5.74) is 11.8. The smallest absolute Gasteiger partial charge is 0.307 e. The van der Waals surface area contributed by atoms with Gasteiger partial charge < -0.3 is 26.0 Å². The molecule has 5 aliphatic rings. The summed E-state index contributed by atoms with van der Waals surface area (Å²) in [4.78, 5) is 30.5. The Morgan fingerprint density at radius 2 is 1.80 bits per heavy atom. The topological polar surface area (TPSA) is 156 Å². The minimum atomic E-state index is -0.666. The molecule has 3 saturated carbocycles. The number of carbonyl (C=O) groups excluding carboxylic acids is 1. The van der Waals surface area contributed by atoms with Gasteiger partial charge in [0, 0.05) is 11.0 Å². The third-order valence-electron chi connectivity index (χ3n) is 16.0. The van der Waals surface area contributed by atoms with E-state index in [1.165, 1.54) is 11.9 Å². The number of primary amides is 1. The van der Waals surface area contributed by atoms with Crippen LogP contribution in [-0.2, 0) is 14.3 Å². The van der Waals surface area contributed by atoms with Crippen molar-refractivity contribution >= 4 is 11.9 Å². The van der Waals surface area contributed by atoms with Gasteiger partial charge >= 0.3 is 5.97 Å². The number of ether oxygens (including phenoxy) is 2. The van der Waals surface area contributed by atoms with Crippen LogP contribution in [0.5, 0.6) is 0 Å². The van der Waals surface area contributed by atoms with Crippen molar-refractivity contribution in [1.29, 1.82) is 0 Å². The lowest BCUT2D eigenvalue weighted by Gasteiger charge is -2.71. The molecule has 49 heavy (non-hydrogen) atoms. The van der Waals surface area contributed by atoms with Gasteiger partial charge in [-0.05, 0) is 96.7 Å². The molecule has 2 heterocycles. The molecule has 2 bridgehead atoms. The highest BCUT2D eigenvalue weighted by atomic mass is 16.5. The minimum Gasteiger partial charge on any atom is -0.481 e. The molecule has 274 valence electrons. The number of rotatable bonds is 9. The maximum atomic E-state index is 13.5. The molecule has 1 aromatic heterocycles. The zero-order valence-electron chi connectivity index (χ0n) is 31.7. The highest BCUT2D eigenvalue weighted by molar-refractivity contribution is 5.89. The normalized spacial score (nSPS) is 43.5. The van der Waals surface area contributed by atoms with Crippen molar-refractivity contribution in [3.8, 4) is 0 Å². The lowest BCUT2D eigenvalue weighted by Crippen LogP contribution is -2.70. The zero-order chi connectivity index (χ0) is 36.1. The third-order valence-corrected chi connectivity index (χ3v) is 16.0. The molecule has 6 rings (SSSR count). The van der Waals surface area contributed by atoms with E-state index in [0.717, 1.165) is 25.7 Å². The Bertz CT molecular complexity index is 1500. The molecule has 1 amide bonds. The molecule has 4 aliphatic carbocycles. The summed E-state index contributed by atoms with van der Waals surface area (Å²) in [7, 11) is 0. The van der Waals surface area contributed by atoms with E-state index < -0.39 is 40.3 Å². The number of hydrogen-bond acceptors (Lipinski definition) is 7. The predicted molar refractivity (Wildman–Crippen MR) is 188 cm³/mol. The molecule has 1 saturated heterocycles. The third kappa shape index (κ3) is 5.03. The van der Waals surface area contributed by atoms with E-state index >= 15 is 0 Å². The molecule has 1 aliphatic heterocycles. The monoisotopic (exact) mass is 681 g/mol. The first-order valence-corrected chi connectivity index (χ1v) is 18.8. The van der Waals surface area contributed by atoms with Crippen LogP contribution in [0.4, 0.5) is 0 Å². The highest BCUT2D eigenvalue weighted by Gasteiger charge is 2.72. The number of nitrogens with two attached hydrogens (primary N) is 2. The van der Waals surface area contributed by atoms with Crippen LogP contribution in [0.25, 0.3) is 0 Å². The fraction of sp³-hybridized carbons (Fsp3) is 0.846. The first kappa shape index (κ1) is 36.5. The quantitative estimate of drug-likeness (QED) is 0.258. The molecule has 10 heteroatoms. The van der Waals surface area contributed by atoms with Gasteiger partial charge in [0.25, 0.3) is 5.91 Å². The fourth-order valence-electron chi connectivity index (χ4n) is 12.2. The van der Waals surface area contributed by atoms with Crippen molar-refractivity contribution < 1.29 is 24.2 Å². The van der Waals surface area contributed by atoms with Crippen LogP contribution in [0.15, 0.2) is 18.0 Å². The Kier molecular flexibility index (Phi) is 8.84. The average molecular weight is 682 g/mol. The SMILES string of the molecule is CC(C)[C@@H](C)[C@@]1(C)CC[C@]2(C)[C@H]3CC[C@@H]4[C@@]5(C)COC[C@@]4(C3=CC[C@@]2(C)[C@@H]1C(=O)O)[C@@H](OC[C@](C)(N)C(C)C)[C@H](n1ncnc1C(N)=O)C5. The first-order chi connectivity index (χ1) is 22.7. The predicted octanol–water partition coefficient (Wildman–Crippen LogP) is 6.27. The summed E-state index contributed by atoms with van der Waals surface area (Å²) in [6, 6.07) is -0.313. The average Bonchev–Trinajstić information content (AvgIpc) is 3.50. The van der Waals surface area contributed by atoms with Gasteiger partial charge in [0.1, 0.15) is 6.33 Å². The summed E-state index contributed by atoms with van der Waals surface area (Å²) in [5.74, 6) is -0.342. The summed E-state index contributed by atoms with van der Waals surface area (Å²) < 4.78 is 15.6. The number of allylic oxidation sites excluding steroid dienone is 1. The second-order valence-electron chi connectivity index (χ2n) is 18.9. The number of fused-ring (bicyclic) bond motifs is 3. The first-order valence-electron chi connectivity index (χ1n) is 18.8. The van der Waals surface area contributed by atoms with Gasteiger partial charge in [-0.2, -0.15) is 5.10 Å². The van der Waals surface area contributed by atoms with E-state index in [9.17, 15) is 14.7 Å². The van der Waals surface area contributed by atoms with Crippen LogP contribution < -0.4 is 11.5 Å². The largest absolute Gasteiger partial charge is 0.481 e. The van der Waals surface area contributed by atoms with E-state index in [0.29, 0.717) is 38.6 Å². The molecule has 0 unspecified atom stereocenters. The molecule has 4 fully saturated rings. The van der Waals surface area contributed by atoms with E-state index in [2.05, 4.69) is 78.5 Å². The minimum absolute atomic E-state index is 0.134. The highest BCUT2D eigenvalue weighted by Crippen LogP contribution is 2.75. The number of nitrogens with zero attached hydrogens (tertiary/aromatic N) is 3. The fourth-order valence-corrected chi connectivity index (χ4v) is 12.2. The Morgan fingerprint density at radius 3 is 2.41 bits per heavy atom. The second kappa shape index (κ2) is 11.9. The number of aliphatic carboxylic acids is 1. The van der Waals surface area contributed by atoms with E-state index in [4.69, 9.17) is 20.9 Å².